The maximum atomic E-state index is 6.30. The van der Waals surface area contributed by atoms with E-state index in [2.05, 4.69) is 47.0 Å². The van der Waals surface area contributed by atoms with Crippen LogP contribution in [0.4, 0.5) is 0 Å². The molecule has 0 radical (unpaired) electrons. The van der Waals surface area contributed by atoms with E-state index < -0.39 is 0 Å². The molecule has 0 amide bonds. The molecular formula is C18H18ClN3. The Kier molecular flexibility index (Phi) is 4.25. The molecule has 2 aromatic heterocycles. The summed E-state index contributed by atoms with van der Waals surface area (Å²) in [7, 11) is 0. The number of hydrogen-bond acceptors (Lipinski definition) is 2. The average Bonchev–Trinajstić information content (AvgIpc) is 3.04. The summed E-state index contributed by atoms with van der Waals surface area (Å²) in [5.74, 6) is 0.197. The maximum Gasteiger partial charge on any atom is 0.0921 e. The van der Waals surface area contributed by atoms with Crippen LogP contribution in [0.25, 0.3) is 0 Å². The molecule has 0 bridgehead atoms. The summed E-state index contributed by atoms with van der Waals surface area (Å²) in [6.45, 7) is 4.31. The number of nitrogens with one attached hydrogen (secondary N) is 1. The highest BCUT2D eigenvalue weighted by Crippen LogP contribution is 2.32. The Hall–Kier alpha value is -2.13. The van der Waals surface area contributed by atoms with Gasteiger partial charge in [-0.15, -0.1) is 0 Å². The first kappa shape index (κ1) is 14.8. The van der Waals surface area contributed by atoms with Gasteiger partial charge in [0.2, 0.25) is 0 Å². The Bertz CT molecular complexity index is 766. The zero-order chi connectivity index (χ0) is 15.5. The molecule has 0 aliphatic rings. The molecule has 0 aliphatic heterocycles. The molecule has 3 aromatic rings. The van der Waals surface area contributed by atoms with Crippen LogP contribution in [0.3, 0.4) is 0 Å². The number of aryl methyl sites for hydroxylation is 1. The van der Waals surface area contributed by atoms with E-state index in [4.69, 9.17) is 11.6 Å². The van der Waals surface area contributed by atoms with Crippen molar-refractivity contribution in [2.45, 2.75) is 26.2 Å². The largest absolute Gasteiger partial charge is 0.348 e. The van der Waals surface area contributed by atoms with Gasteiger partial charge in [0.15, 0.2) is 0 Å². The third-order valence-corrected chi connectivity index (χ3v) is 4.54. The van der Waals surface area contributed by atoms with Crippen LogP contribution in [-0.4, -0.2) is 15.0 Å². The highest BCUT2D eigenvalue weighted by molar-refractivity contribution is 6.31. The molecule has 0 spiro atoms. The van der Waals surface area contributed by atoms with Gasteiger partial charge >= 0.3 is 0 Å². The molecule has 2 heterocycles. The van der Waals surface area contributed by atoms with Crippen LogP contribution >= 0.6 is 11.6 Å². The van der Waals surface area contributed by atoms with Crippen molar-refractivity contribution in [3.63, 3.8) is 0 Å². The quantitative estimate of drug-likeness (QED) is 0.773. The lowest BCUT2D eigenvalue weighted by Crippen LogP contribution is -2.08. The first-order chi connectivity index (χ1) is 10.7. The first-order valence-corrected chi connectivity index (χ1v) is 7.67. The number of hydrogen-bond donors (Lipinski definition) is 1. The van der Waals surface area contributed by atoms with Crippen LogP contribution in [0.2, 0.25) is 5.02 Å². The second kappa shape index (κ2) is 6.32. The van der Waals surface area contributed by atoms with Crippen LogP contribution in [0, 0.1) is 13.8 Å². The van der Waals surface area contributed by atoms with Gasteiger partial charge in [-0.3, -0.25) is 4.98 Å². The Morgan fingerprint density at radius 1 is 1.14 bits per heavy atom. The zero-order valence-corrected chi connectivity index (χ0v) is 13.4. The normalized spacial score (nSPS) is 12.3. The van der Waals surface area contributed by atoms with Crippen LogP contribution in [0.1, 0.15) is 33.9 Å². The number of pyridine rings is 1. The van der Waals surface area contributed by atoms with E-state index in [1.807, 2.05) is 12.3 Å². The van der Waals surface area contributed by atoms with Gasteiger partial charge in [0.1, 0.15) is 0 Å². The number of aromatic nitrogens is 3. The van der Waals surface area contributed by atoms with Gasteiger partial charge in [0.25, 0.3) is 0 Å². The molecule has 0 saturated heterocycles. The van der Waals surface area contributed by atoms with E-state index in [0.29, 0.717) is 5.02 Å². The minimum absolute atomic E-state index is 0.197. The SMILES string of the molecule is Cc1cccc(C(Cc2ccncc2Cl)c2cnc[nH]2)c1C. The fourth-order valence-electron chi connectivity index (χ4n) is 2.79. The van der Waals surface area contributed by atoms with E-state index in [-0.39, 0.29) is 5.92 Å². The molecule has 1 unspecified atom stereocenters. The van der Waals surface area contributed by atoms with Gasteiger partial charge in [-0.05, 0) is 48.6 Å². The molecule has 112 valence electrons. The van der Waals surface area contributed by atoms with Crippen molar-refractivity contribution < 1.29 is 0 Å². The number of imidazole rings is 1. The second-order valence-corrected chi connectivity index (χ2v) is 5.93. The summed E-state index contributed by atoms with van der Waals surface area (Å²) >= 11 is 6.30. The predicted octanol–water partition coefficient (Wildman–Crippen LogP) is 4.45. The van der Waals surface area contributed by atoms with Gasteiger partial charge in [0.05, 0.1) is 11.3 Å². The number of nitrogens with zero attached hydrogens (tertiary/aromatic N) is 2. The fraction of sp³-hybridized carbons (Fsp3) is 0.222. The van der Waals surface area contributed by atoms with Crippen molar-refractivity contribution >= 4 is 11.6 Å². The van der Waals surface area contributed by atoms with Gasteiger partial charge in [-0.25, -0.2) is 4.98 Å². The fourth-order valence-corrected chi connectivity index (χ4v) is 2.98. The molecule has 3 nitrogen and oxygen atoms in total. The number of aromatic amines is 1. The van der Waals surface area contributed by atoms with Gasteiger partial charge < -0.3 is 4.98 Å². The topological polar surface area (TPSA) is 41.6 Å². The monoisotopic (exact) mass is 311 g/mol. The average molecular weight is 312 g/mol. The van der Waals surface area contributed by atoms with Crippen molar-refractivity contribution in [1.29, 1.82) is 0 Å². The van der Waals surface area contributed by atoms with Crippen molar-refractivity contribution in [3.05, 3.63) is 82.2 Å². The Morgan fingerprint density at radius 3 is 2.73 bits per heavy atom. The third-order valence-electron chi connectivity index (χ3n) is 4.20. The lowest BCUT2D eigenvalue weighted by molar-refractivity contribution is 0.772. The Morgan fingerprint density at radius 2 is 2.00 bits per heavy atom. The summed E-state index contributed by atoms with van der Waals surface area (Å²) in [5.41, 5.74) is 6.10. The van der Waals surface area contributed by atoms with E-state index in [1.54, 1.807) is 18.7 Å². The van der Waals surface area contributed by atoms with Gasteiger partial charge in [-0.2, -0.15) is 0 Å². The highest BCUT2D eigenvalue weighted by Gasteiger charge is 2.20. The van der Waals surface area contributed by atoms with E-state index in [9.17, 15) is 0 Å². The molecule has 22 heavy (non-hydrogen) atoms. The van der Waals surface area contributed by atoms with E-state index >= 15 is 0 Å². The third kappa shape index (κ3) is 2.90. The molecule has 4 heteroatoms. The van der Waals surface area contributed by atoms with Crippen molar-refractivity contribution in [2.24, 2.45) is 0 Å². The predicted molar refractivity (Wildman–Crippen MR) is 89.3 cm³/mol. The van der Waals surface area contributed by atoms with Crippen LogP contribution in [-0.2, 0) is 6.42 Å². The number of H-pyrrole nitrogens is 1. The summed E-state index contributed by atoms with van der Waals surface area (Å²) < 4.78 is 0. The van der Waals surface area contributed by atoms with E-state index in [1.165, 1.54) is 16.7 Å². The molecule has 0 fully saturated rings. The van der Waals surface area contributed by atoms with Gasteiger partial charge in [-0.1, -0.05) is 29.8 Å². The first-order valence-electron chi connectivity index (χ1n) is 7.29. The van der Waals surface area contributed by atoms with Crippen LogP contribution in [0.5, 0.6) is 0 Å². The Balaban J connectivity index is 2.05. The lowest BCUT2D eigenvalue weighted by Gasteiger charge is -2.20. The minimum Gasteiger partial charge on any atom is -0.348 e. The zero-order valence-electron chi connectivity index (χ0n) is 12.7. The summed E-state index contributed by atoms with van der Waals surface area (Å²) in [6.07, 6.45) is 7.91. The van der Waals surface area contributed by atoms with Crippen molar-refractivity contribution in [1.82, 2.24) is 15.0 Å². The standard InChI is InChI=1S/C18H18ClN3/c1-12-4-3-5-15(13(12)2)16(18-10-21-11-22-18)8-14-6-7-20-9-17(14)19/h3-7,9-11,16H,8H2,1-2H3,(H,21,22). The smallest absolute Gasteiger partial charge is 0.0921 e. The summed E-state index contributed by atoms with van der Waals surface area (Å²) in [4.78, 5) is 11.5. The van der Waals surface area contributed by atoms with Gasteiger partial charge in [0, 0.05) is 30.2 Å². The summed E-state index contributed by atoms with van der Waals surface area (Å²) in [5, 5.41) is 0.706. The lowest BCUT2D eigenvalue weighted by atomic mass is 9.86. The number of benzene rings is 1. The number of rotatable bonds is 4. The minimum atomic E-state index is 0.197. The number of halogens is 1. The molecular weight excluding hydrogens is 294 g/mol. The second-order valence-electron chi connectivity index (χ2n) is 5.52. The Labute approximate surface area is 135 Å². The molecule has 1 aromatic carbocycles. The van der Waals surface area contributed by atoms with Crippen molar-refractivity contribution in [3.8, 4) is 0 Å². The highest BCUT2D eigenvalue weighted by atomic mass is 35.5. The molecule has 0 aliphatic carbocycles. The molecule has 1 atom stereocenters. The van der Waals surface area contributed by atoms with Crippen LogP contribution < -0.4 is 0 Å². The molecule has 3 rings (SSSR count). The molecule has 0 saturated carbocycles. The maximum absolute atomic E-state index is 6.30. The summed E-state index contributed by atoms with van der Waals surface area (Å²) in [6, 6.07) is 8.41. The van der Waals surface area contributed by atoms with Crippen molar-refractivity contribution in [2.75, 3.05) is 0 Å². The van der Waals surface area contributed by atoms with E-state index in [0.717, 1.165) is 17.7 Å². The molecule has 1 N–H and O–H groups in total. The van der Waals surface area contributed by atoms with Crippen LogP contribution in [0.15, 0.2) is 49.2 Å².